The minimum Gasteiger partial charge on any atom is -0.312 e. The Balaban J connectivity index is 2.26. The summed E-state index contributed by atoms with van der Waals surface area (Å²) in [5, 5.41) is 3.97. The van der Waals surface area contributed by atoms with Crippen molar-refractivity contribution in [1.29, 1.82) is 0 Å². The third-order valence-corrected chi connectivity index (χ3v) is 5.70. The highest BCUT2D eigenvalue weighted by Crippen LogP contribution is 2.40. The Morgan fingerprint density at radius 1 is 0.963 bits per heavy atom. The fourth-order valence-electron chi connectivity index (χ4n) is 3.03. The lowest BCUT2D eigenvalue weighted by molar-refractivity contribution is -0.136. The lowest BCUT2D eigenvalue weighted by atomic mass is 9.71. The topological polar surface area (TPSA) is 55.7 Å². The van der Waals surface area contributed by atoms with Crippen molar-refractivity contribution >= 4 is 40.4 Å². The molecule has 4 nitrogen and oxygen atoms in total. The summed E-state index contributed by atoms with van der Waals surface area (Å²) >= 11 is 7.38. The van der Waals surface area contributed by atoms with E-state index in [4.69, 9.17) is 16.4 Å². The van der Waals surface area contributed by atoms with Crippen molar-refractivity contribution in [3.63, 3.8) is 0 Å². The summed E-state index contributed by atoms with van der Waals surface area (Å²) in [5.74, 6) is -0.503. The molecule has 6 heteroatoms. The molecule has 0 atom stereocenters. The van der Waals surface area contributed by atoms with Gasteiger partial charge in [0.05, 0.1) is 14.8 Å². The number of Topliss-reactive ketones (excluding diaryl/α,β-unsaturated/α-hetero) is 1. The maximum Gasteiger partial charge on any atom is 0.368 e. The number of nitrogens with zero attached hydrogens (tertiary/aromatic N) is 1. The van der Waals surface area contributed by atoms with Gasteiger partial charge < -0.3 is 4.84 Å². The van der Waals surface area contributed by atoms with Crippen LogP contribution in [0.25, 0.3) is 0 Å². The van der Waals surface area contributed by atoms with Crippen LogP contribution in [0.4, 0.5) is 0 Å². The molecule has 27 heavy (non-hydrogen) atoms. The summed E-state index contributed by atoms with van der Waals surface area (Å²) in [6, 6.07) is 3.57. The molecule has 1 aliphatic carbocycles. The van der Waals surface area contributed by atoms with Gasteiger partial charge in [0.25, 0.3) is 0 Å². The molecule has 142 valence electrons. The van der Waals surface area contributed by atoms with Crippen molar-refractivity contribution in [2.75, 3.05) is 0 Å². The van der Waals surface area contributed by atoms with Gasteiger partial charge >= 0.3 is 5.97 Å². The van der Waals surface area contributed by atoms with Crippen molar-refractivity contribution in [3.05, 3.63) is 55.8 Å². The van der Waals surface area contributed by atoms with Gasteiger partial charge in [-0.3, -0.25) is 4.79 Å². The molecule has 2 aliphatic rings. The SMILES string of the molecule is CC(C)(C)C1=CC(=C2C(=O)ON=C2c2ccc(Cl)s2)C=C(C(C)(C)C)C1=O. The fourth-order valence-corrected chi connectivity index (χ4v) is 4.06. The smallest absolute Gasteiger partial charge is 0.312 e. The number of hydrogen-bond donors (Lipinski definition) is 0. The van der Waals surface area contributed by atoms with E-state index in [0.29, 0.717) is 32.3 Å². The van der Waals surface area contributed by atoms with E-state index >= 15 is 0 Å². The highest BCUT2D eigenvalue weighted by molar-refractivity contribution is 7.18. The first kappa shape index (κ1) is 19.8. The normalized spacial score (nSPS) is 18.4. The first-order chi connectivity index (χ1) is 12.4. The molecule has 0 N–H and O–H groups in total. The molecule has 0 aromatic carbocycles. The van der Waals surface area contributed by atoms with Gasteiger partial charge in [-0.2, -0.15) is 0 Å². The van der Waals surface area contributed by atoms with Crippen LogP contribution in [0, 0.1) is 10.8 Å². The summed E-state index contributed by atoms with van der Waals surface area (Å²) in [6.45, 7) is 12.0. The van der Waals surface area contributed by atoms with E-state index in [1.165, 1.54) is 11.3 Å². The van der Waals surface area contributed by atoms with E-state index in [2.05, 4.69) is 5.16 Å². The summed E-state index contributed by atoms with van der Waals surface area (Å²) in [6.07, 6.45) is 3.59. The molecule has 0 radical (unpaired) electrons. The van der Waals surface area contributed by atoms with E-state index in [9.17, 15) is 9.59 Å². The zero-order valence-corrected chi connectivity index (χ0v) is 17.8. The molecule has 2 heterocycles. The third kappa shape index (κ3) is 3.71. The van der Waals surface area contributed by atoms with Crippen LogP contribution in [0.5, 0.6) is 0 Å². The first-order valence-electron chi connectivity index (χ1n) is 8.68. The minimum atomic E-state index is -0.520. The first-order valence-corrected chi connectivity index (χ1v) is 9.88. The average Bonchev–Trinajstić information content (AvgIpc) is 3.11. The van der Waals surface area contributed by atoms with Gasteiger partial charge in [0, 0.05) is 11.1 Å². The number of halogens is 1. The van der Waals surface area contributed by atoms with Gasteiger partial charge in [-0.05, 0) is 40.7 Å². The van der Waals surface area contributed by atoms with Crippen LogP contribution in [0.3, 0.4) is 0 Å². The second kappa shape index (κ2) is 6.57. The van der Waals surface area contributed by atoms with Crippen molar-refractivity contribution < 1.29 is 14.4 Å². The predicted octanol–water partition coefficient (Wildman–Crippen LogP) is 5.49. The van der Waals surface area contributed by atoms with E-state index in [1.807, 2.05) is 47.6 Å². The van der Waals surface area contributed by atoms with Crippen LogP contribution >= 0.6 is 22.9 Å². The number of thiophene rings is 1. The van der Waals surface area contributed by atoms with Crippen LogP contribution in [-0.2, 0) is 14.4 Å². The number of carbonyl (C=O) groups excluding carboxylic acids is 2. The average molecular weight is 404 g/mol. The standard InChI is InChI=1S/C21H22ClNO3S/c1-20(2,3)12-9-11(10-13(18(12)24)21(4,5)6)16-17(23-26-19(16)25)14-7-8-15(22)27-14/h7-10H,1-6H3. The van der Waals surface area contributed by atoms with Crippen molar-refractivity contribution in [3.8, 4) is 0 Å². The Labute approximate surface area is 168 Å². The molecule has 0 unspecified atom stereocenters. The van der Waals surface area contributed by atoms with E-state index in [0.717, 1.165) is 4.88 Å². The number of hydrogen-bond acceptors (Lipinski definition) is 5. The molecular weight excluding hydrogens is 382 g/mol. The van der Waals surface area contributed by atoms with Gasteiger partial charge in [-0.1, -0.05) is 58.3 Å². The van der Waals surface area contributed by atoms with E-state index in [1.54, 1.807) is 18.2 Å². The molecule has 0 fully saturated rings. The van der Waals surface area contributed by atoms with Crippen molar-refractivity contribution in [2.45, 2.75) is 41.5 Å². The largest absolute Gasteiger partial charge is 0.368 e. The number of rotatable bonds is 1. The van der Waals surface area contributed by atoms with Gasteiger partial charge in [0.1, 0.15) is 5.71 Å². The van der Waals surface area contributed by atoms with Gasteiger partial charge in [0.15, 0.2) is 5.78 Å². The molecule has 3 rings (SSSR count). The molecule has 0 saturated carbocycles. The Morgan fingerprint density at radius 3 is 1.96 bits per heavy atom. The number of allylic oxidation sites excluding steroid dienone is 5. The van der Waals surface area contributed by atoms with Crippen molar-refractivity contribution in [2.24, 2.45) is 16.0 Å². The molecule has 0 amide bonds. The third-order valence-electron chi connectivity index (χ3n) is 4.46. The molecular formula is C21H22ClNO3S. The Kier molecular flexibility index (Phi) is 4.81. The summed E-state index contributed by atoms with van der Waals surface area (Å²) in [7, 11) is 0. The molecule has 0 saturated heterocycles. The van der Waals surface area contributed by atoms with Crippen molar-refractivity contribution in [1.82, 2.24) is 0 Å². The molecule has 1 aromatic heterocycles. The molecule has 0 bridgehead atoms. The summed E-state index contributed by atoms with van der Waals surface area (Å²) < 4.78 is 0.604. The molecule has 0 spiro atoms. The van der Waals surface area contributed by atoms with Gasteiger partial charge in [-0.25, -0.2) is 4.79 Å². The zero-order chi connectivity index (χ0) is 20.1. The van der Waals surface area contributed by atoms with Crippen LogP contribution < -0.4 is 0 Å². The van der Waals surface area contributed by atoms with Gasteiger partial charge in [0.2, 0.25) is 0 Å². The highest BCUT2D eigenvalue weighted by Gasteiger charge is 2.37. The number of ketones is 1. The second-order valence-corrected chi connectivity index (χ2v) is 10.4. The maximum absolute atomic E-state index is 13.1. The van der Waals surface area contributed by atoms with Crippen LogP contribution in [0.2, 0.25) is 4.34 Å². The lowest BCUT2D eigenvalue weighted by Crippen LogP contribution is -2.28. The highest BCUT2D eigenvalue weighted by atomic mass is 35.5. The Morgan fingerprint density at radius 2 is 1.52 bits per heavy atom. The lowest BCUT2D eigenvalue weighted by Gasteiger charge is -2.31. The zero-order valence-electron chi connectivity index (χ0n) is 16.3. The monoisotopic (exact) mass is 403 g/mol. The van der Waals surface area contributed by atoms with E-state index in [-0.39, 0.29) is 16.6 Å². The van der Waals surface area contributed by atoms with Crippen LogP contribution in [-0.4, -0.2) is 17.5 Å². The molecule has 1 aromatic rings. The fraction of sp³-hybridized carbons (Fsp3) is 0.381. The van der Waals surface area contributed by atoms with E-state index < -0.39 is 5.97 Å². The van der Waals surface area contributed by atoms with Gasteiger partial charge in [-0.15, -0.1) is 11.3 Å². The quantitative estimate of drug-likeness (QED) is 0.460. The summed E-state index contributed by atoms with van der Waals surface area (Å²) in [5.41, 5.74) is 2.08. The number of oxime groups is 1. The van der Waals surface area contributed by atoms with Crippen LogP contribution in [0.1, 0.15) is 46.4 Å². The Hall–Kier alpha value is -1.98. The summed E-state index contributed by atoms with van der Waals surface area (Å²) in [4.78, 5) is 31.3. The second-order valence-electron chi connectivity index (χ2n) is 8.70. The minimum absolute atomic E-state index is 0.0170. The molecule has 1 aliphatic heterocycles. The predicted molar refractivity (Wildman–Crippen MR) is 109 cm³/mol. The maximum atomic E-state index is 13.1. The number of carbonyl (C=O) groups is 2. The van der Waals surface area contributed by atoms with Crippen LogP contribution in [0.15, 0.2) is 51.7 Å². The Bertz CT molecular complexity index is 926.